The molecule has 4 heteroatoms. The van der Waals surface area contributed by atoms with Crippen molar-refractivity contribution in [2.75, 3.05) is 27.2 Å². The first kappa shape index (κ1) is 13.2. The van der Waals surface area contributed by atoms with Gasteiger partial charge in [-0.2, -0.15) is 0 Å². The average molecular weight is 202 g/mol. The Hall–Kier alpha value is -0.770. The molecule has 0 aliphatic heterocycles. The van der Waals surface area contributed by atoms with Gasteiger partial charge >= 0.3 is 6.03 Å². The zero-order chi connectivity index (χ0) is 11.0. The lowest BCUT2D eigenvalue weighted by molar-refractivity contribution is 0.210. The van der Waals surface area contributed by atoms with Crippen molar-refractivity contribution in [2.24, 2.45) is 5.92 Å². The maximum Gasteiger partial charge on any atom is 0.316 e. The van der Waals surface area contributed by atoms with E-state index in [0.29, 0.717) is 12.5 Å². The van der Waals surface area contributed by atoms with Gasteiger partial charge in [-0.3, -0.25) is 0 Å². The van der Waals surface area contributed by atoms with Crippen LogP contribution in [-0.2, 0) is 0 Å². The SMILES string of the molecule is CCCC(CCO)CNC(=O)N(C)C. The topological polar surface area (TPSA) is 52.6 Å². The fourth-order valence-corrected chi connectivity index (χ4v) is 1.33. The summed E-state index contributed by atoms with van der Waals surface area (Å²) in [5, 5.41) is 11.6. The Morgan fingerprint density at radius 1 is 1.43 bits per heavy atom. The Kier molecular flexibility index (Phi) is 7.20. The van der Waals surface area contributed by atoms with Crippen LogP contribution in [0.25, 0.3) is 0 Å². The summed E-state index contributed by atoms with van der Waals surface area (Å²) in [5.74, 6) is 0.397. The van der Waals surface area contributed by atoms with Gasteiger partial charge in [0.1, 0.15) is 0 Å². The maximum absolute atomic E-state index is 11.2. The largest absolute Gasteiger partial charge is 0.396 e. The highest BCUT2D eigenvalue weighted by Crippen LogP contribution is 2.09. The van der Waals surface area contributed by atoms with Gasteiger partial charge in [0, 0.05) is 27.2 Å². The average Bonchev–Trinajstić information content (AvgIpc) is 2.14. The molecule has 0 fully saturated rings. The van der Waals surface area contributed by atoms with Crippen molar-refractivity contribution >= 4 is 6.03 Å². The number of hydrogen-bond acceptors (Lipinski definition) is 2. The highest BCUT2D eigenvalue weighted by molar-refractivity contribution is 5.73. The van der Waals surface area contributed by atoms with Crippen LogP contribution in [0.15, 0.2) is 0 Å². The predicted molar refractivity (Wildman–Crippen MR) is 57.2 cm³/mol. The van der Waals surface area contributed by atoms with E-state index in [4.69, 9.17) is 5.11 Å². The number of amides is 2. The zero-order valence-corrected chi connectivity index (χ0v) is 9.42. The molecule has 2 N–H and O–H groups in total. The molecular weight excluding hydrogens is 180 g/mol. The van der Waals surface area contributed by atoms with Gasteiger partial charge in [-0.25, -0.2) is 4.79 Å². The van der Waals surface area contributed by atoms with E-state index >= 15 is 0 Å². The molecule has 0 aromatic rings. The van der Waals surface area contributed by atoms with E-state index < -0.39 is 0 Å². The van der Waals surface area contributed by atoms with Gasteiger partial charge in [-0.05, 0) is 18.8 Å². The summed E-state index contributed by atoms with van der Waals surface area (Å²) in [5.41, 5.74) is 0. The van der Waals surface area contributed by atoms with Crippen LogP contribution in [0.4, 0.5) is 4.79 Å². The van der Waals surface area contributed by atoms with E-state index in [2.05, 4.69) is 12.2 Å². The van der Waals surface area contributed by atoms with Gasteiger partial charge in [-0.1, -0.05) is 13.3 Å². The molecule has 0 aliphatic carbocycles. The monoisotopic (exact) mass is 202 g/mol. The number of carbonyl (C=O) groups is 1. The van der Waals surface area contributed by atoms with Crippen LogP contribution in [0, 0.1) is 5.92 Å². The van der Waals surface area contributed by atoms with E-state index in [1.54, 1.807) is 14.1 Å². The number of nitrogens with one attached hydrogen (secondary N) is 1. The summed E-state index contributed by atoms with van der Waals surface area (Å²) >= 11 is 0. The van der Waals surface area contributed by atoms with E-state index in [1.807, 2.05) is 0 Å². The number of urea groups is 1. The van der Waals surface area contributed by atoms with Crippen molar-refractivity contribution in [1.82, 2.24) is 10.2 Å². The molecule has 4 nitrogen and oxygen atoms in total. The summed E-state index contributed by atoms with van der Waals surface area (Å²) in [6.07, 6.45) is 2.90. The first-order chi connectivity index (χ1) is 6.61. The molecule has 0 radical (unpaired) electrons. The normalized spacial score (nSPS) is 12.3. The van der Waals surface area contributed by atoms with Crippen molar-refractivity contribution < 1.29 is 9.90 Å². The van der Waals surface area contributed by atoms with E-state index in [-0.39, 0.29) is 12.6 Å². The third-order valence-corrected chi connectivity index (χ3v) is 2.18. The molecule has 0 aliphatic rings. The van der Waals surface area contributed by atoms with Gasteiger partial charge in [0.05, 0.1) is 0 Å². The summed E-state index contributed by atoms with van der Waals surface area (Å²) < 4.78 is 0. The minimum atomic E-state index is -0.0657. The second kappa shape index (κ2) is 7.62. The molecule has 0 saturated carbocycles. The smallest absolute Gasteiger partial charge is 0.316 e. The van der Waals surface area contributed by atoms with E-state index in [0.717, 1.165) is 19.3 Å². The molecule has 1 unspecified atom stereocenters. The lowest BCUT2D eigenvalue weighted by atomic mass is 10.0. The summed E-state index contributed by atoms with van der Waals surface area (Å²) in [4.78, 5) is 12.7. The number of carbonyl (C=O) groups excluding carboxylic acids is 1. The molecule has 0 bridgehead atoms. The summed E-state index contributed by atoms with van der Waals surface area (Å²) in [6, 6.07) is -0.0657. The quantitative estimate of drug-likeness (QED) is 0.676. The van der Waals surface area contributed by atoms with Gasteiger partial charge in [-0.15, -0.1) is 0 Å². The third-order valence-electron chi connectivity index (χ3n) is 2.18. The lowest BCUT2D eigenvalue weighted by Gasteiger charge is -2.18. The number of nitrogens with zero attached hydrogens (tertiary/aromatic N) is 1. The predicted octanol–water partition coefficient (Wildman–Crippen LogP) is 1.06. The van der Waals surface area contributed by atoms with Gasteiger partial charge in [0.2, 0.25) is 0 Å². The number of hydrogen-bond donors (Lipinski definition) is 2. The Bertz CT molecular complexity index is 154. The Labute approximate surface area is 86.3 Å². The molecule has 0 heterocycles. The highest BCUT2D eigenvalue weighted by atomic mass is 16.3. The van der Waals surface area contributed by atoms with E-state index in [9.17, 15) is 4.79 Å². The Morgan fingerprint density at radius 2 is 2.07 bits per heavy atom. The van der Waals surface area contributed by atoms with E-state index in [1.165, 1.54) is 4.90 Å². The van der Waals surface area contributed by atoms with Crippen LogP contribution < -0.4 is 5.32 Å². The molecule has 0 spiro atoms. The van der Waals surface area contributed by atoms with Crippen LogP contribution in [0.1, 0.15) is 26.2 Å². The minimum absolute atomic E-state index is 0.0657. The van der Waals surface area contributed by atoms with Crippen molar-refractivity contribution in [3.05, 3.63) is 0 Å². The maximum atomic E-state index is 11.2. The molecule has 2 amide bonds. The van der Waals surface area contributed by atoms with Crippen molar-refractivity contribution in [3.8, 4) is 0 Å². The Balaban J connectivity index is 3.74. The molecular formula is C10H22N2O2. The fourth-order valence-electron chi connectivity index (χ4n) is 1.33. The first-order valence-corrected chi connectivity index (χ1v) is 5.17. The van der Waals surface area contributed by atoms with Crippen molar-refractivity contribution in [3.63, 3.8) is 0 Å². The fraction of sp³-hybridized carbons (Fsp3) is 0.900. The van der Waals surface area contributed by atoms with Gasteiger partial charge < -0.3 is 15.3 Å². The minimum Gasteiger partial charge on any atom is -0.396 e. The number of aliphatic hydroxyl groups excluding tert-OH is 1. The van der Waals surface area contributed by atoms with Crippen LogP contribution >= 0.6 is 0 Å². The molecule has 0 aromatic heterocycles. The number of rotatable bonds is 6. The summed E-state index contributed by atoms with van der Waals surface area (Å²) in [6.45, 7) is 2.96. The molecule has 0 rings (SSSR count). The van der Waals surface area contributed by atoms with Crippen LogP contribution in [-0.4, -0.2) is 43.3 Å². The molecule has 0 saturated heterocycles. The summed E-state index contributed by atoms with van der Waals surface area (Å²) in [7, 11) is 3.44. The molecule has 1 atom stereocenters. The van der Waals surface area contributed by atoms with Gasteiger partial charge in [0.25, 0.3) is 0 Å². The van der Waals surface area contributed by atoms with Crippen molar-refractivity contribution in [2.45, 2.75) is 26.2 Å². The van der Waals surface area contributed by atoms with Gasteiger partial charge in [0.15, 0.2) is 0 Å². The molecule has 14 heavy (non-hydrogen) atoms. The number of aliphatic hydroxyl groups is 1. The van der Waals surface area contributed by atoms with Crippen LogP contribution in [0.2, 0.25) is 0 Å². The second-order valence-electron chi connectivity index (χ2n) is 3.75. The molecule has 84 valence electrons. The standard InChI is InChI=1S/C10H22N2O2/c1-4-5-9(6-7-13)8-11-10(14)12(2)3/h9,13H,4-8H2,1-3H3,(H,11,14). The van der Waals surface area contributed by atoms with Crippen LogP contribution in [0.5, 0.6) is 0 Å². The van der Waals surface area contributed by atoms with Crippen molar-refractivity contribution in [1.29, 1.82) is 0 Å². The Morgan fingerprint density at radius 3 is 2.50 bits per heavy atom. The second-order valence-corrected chi connectivity index (χ2v) is 3.75. The van der Waals surface area contributed by atoms with Crippen LogP contribution in [0.3, 0.4) is 0 Å². The zero-order valence-electron chi connectivity index (χ0n) is 9.42. The third kappa shape index (κ3) is 5.80. The highest BCUT2D eigenvalue weighted by Gasteiger charge is 2.09. The lowest BCUT2D eigenvalue weighted by Crippen LogP contribution is -2.37. The first-order valence-electron chi connectivity index (χ1n) is 5.17. The molecule has 0 aromatic carbocycles.